The van der Waals surface area contributed by atoms with Crippen molar-refractivity contribution in [2.24, 2.45) is 11.7 Å². The van der Waals surface area contributed by atoms with E-state index in [0.717, 1.165) is 10.9 Å². The number of rotatable bonds is 21. The number of para-hydroxylation sites is 1. The van der Waals surface area contributed by atoms with Crippen molar-refractivity contribution in [3.8, 4) is 5.75 Å². The number of carbonyl (C=O) groups excluding carboxylic acids is 5. The van der Waals surface area contributed by atoms with Crippen LogP contribution in [0.1, 0.15) is 51.2 Å². The number of aromatic amines is 1. The zero-order chi connectivity index (χ0) is 40.8. The Balaban J connectivity index is 1.91. The maximum atomic E-state index is 14.0. The predicted molar refractivity (Wildman–Crippen MR) is 198 cm³/mol. The maximum Gasteiger partial charge on any atom is 0.326 e. The van der Waals surface area contributed by atoms with Crippen LogP contribution in [0.3, 0.4) is 0 Å². The van der Waals surface area contributed by atoms with E-state index in [2.05, 4.69) is 31.6 Å². The van der Waals surface area contributed by atoms with Crippen LogP contribution in [0, 0.1) is 5.92 Å². The van der Waals surface area contributed by atoms with E-state index in [1.807, 2.05) is 0 Å². The van der Waals surface area contributed by atoms with Gasteiger partial charge in [-0.05, 0) is 55.0 Å². The van der Waals surface area contributed by atoms with Crippen molar-refractivity contribution in [2.45, 2.75) is 89.2 Å². The number of aliphatic hydroxyl groups is 1. The van der Waals surface area contributed by atoms with Crippen LogP contribution < -0.4 is 32.3 Å². The number of aromatic hydroxyl groups is 1. The first-order chi connectivity index (χ1) is 26.0. The van der Waals surface area contributed by atoms with Gasteiger partial charge in [0, 0.05) is 36.4 Å². The third kappa shape index (κ3) is 13.4. The molecule has 3 aromatic rings. The summed E-state index contributed by atoms with van der Waals surface area (Å²) in [4.78, 5) is 93.0. The number of carboxylic acids is 2. The van der Waals surface area contributed by atoms with Gasteiger partial charge >= 0.3 is 11.9 Å². The molecule has 0 aliphatic carbocycles. The second-order valence-corrected chi connectivity index (χ2v) is 13.6. The number of phenolic OH excluding ortho intramolecular Hbond substituents is 1. The minimum absolute atomic E-state index is 0.0239. The lowest BCUT2D eigenvalue weighted by atomic mass is 9.99. The summed E-state index contributed by atoms with van der Waals surface area (Å²) < 4.78 is 0. The summed E-state index contributed by atoms with van der Waals surface area (Å²) in [5.74, 6) is -7.20. The Morgan fingerprint density at radius 3 is 1.91 bits per heavy atom. The van der Waals surface area contributed by atoms with Gasteiger partial charge in [0.05, 0.1) is 12.6 Å². The molecular formula is C37H49N7O11. The van der Waals surface area contributed by atoms with Crippen molar-refractivity contribution in [2.75, 3.05) is 6.54 Å². The first-order valence-corrected chi connectivity index (χ1v) is 17.6. The van der Waals surface area contributed by atoms with Crippen molar-refractivity contribution in [3.63, 3.8) is 0 Å². The molecule has 5 amide bonds. The molecule has 6 atom stereocenters. The van der Waals surface area contributed by atoms with Crippen LogP contribution >= 0.6 is 0 Å². The molecule has 298 valence electrons. The number of hydrogen-bond acceptors (Lipinski definition) is 10. The number of nitrogens with one attached hydrogen (secondary N) is 6. The normalized spacial score (nSPS) is 14.4. The van der Waals surface area contributed by atoms with Gasteiger partial charge in [0.25, 0.3) is 0 Å². The topological polar surface area (TPSA) is 302 Å². The highest BCUT2D eigenvalue weighted by molar-refractivity contribution is 5.97. The average molecular weight is 768 g/mol. The maximum absolute atomic E-state index is 14.0. The van der Waals surface area contributed by atoms with E-state index in [4.69, 9.17) is 10.8 Å². The van der Waals surface area contributed by atoms with Gasteiger partial charge < -0.3 is 57.7 Å². The van der Waals surface area contributed by atoms with Gasteiger partial charge in [0.2, 0.25) is 29.5 Å². The van der Waals surface area contributed by atoms with E-state index < -0.39 is 97.2 Å². The highest BCUT2D eigenvalue weighted by Crippen LogP contribution is 2.20. The summed E-state index contributed by atoms with van der Waals surface area (Å²) in [6.45, 7) is 4.31. The van der Waals surface area contributed by atoms with Crippen LogP contribution in [-0.4, -0.2) is 110 Å². The van der Waals surface area contributed by atoms with Gasteiger partial charge in [-0.15, -0.1) is 0 Å². The van der Waals surface area contributed by atoms with Gasteiger partial charge in [-0.2, -0.15) is 0 Å². The van der Waals surface area contributed by atoms with Crippen LogP contribution in [0.2, 0.25) is 0 Å². The minimum atomic E-state index is -1.65. The van der Waals surface area contributed by atoms with Crippen molar-refractivity contribution in [1.29, 1.82) is 0 Å². The summed E-state index contributed by atoms with van der Waals surface area (Å²) >= 11 is 0. The average Bonchev–Trinajstić information content (AvgIpc) is 3.53. The lowest BCUT2D eigenvalue weighted by molar-refractivity contribution is -0.143. The molecule has 12 N–H and O–H groups in total. The number of phenols is 1. The first kappa shape index (κ1) is 43.4. The van der Waals surface area contributed by atoms with Gasteiger partial charge in [0.1, 0.15) is 36.0 Å². The summed E-state index contributed by atoms with van der Waals surface area (Å²) in [6.07, 6.45) is -0.985. The van der Waals surface area contributed by atoms with Gasteiger partial charge in [-0.25, -0.2) is 4.79 Å². The molecule has 0 spiro atoms. The second kappa shape index (κ2) is 20.4. The number of amides is 5. The lowest BCUT2D eigenvalue weighted by Gasteiger charge is -2.28. The summed E-state index contributed by atoms with van der Waals surface area (Å²) in [5.41, 5.74) is 7.32. The molecular weight excluding hydrogens is 718 g/mol. The van der Waals surface area contributed by atoms with E-state index in [0.29, 0.717) is 11.1 Å². The molecule has 0 aliphatic rings. The highest BCUT2D eigenvalue weighted by atomic mass is 16.4. The van der Waals surface area contributed by atoms with Gasteiger partial charge in [-0.1, -0.05) is 44.2 Å². The number of H-pyrrole nitrogens is 1. The summed E-state index contributed by atoms with van der Waals surface area (Å²) in [6, 6.07) is 5.81. The molecule has 18 heteroatoms. The SMILES string of the molecule is CC(C)C[C@H](NC(=O)[C@H](Cc1c[nH]c2ccccc12)NC(=O)[C@@H](NC(=O)[C@H](Cc1ccc(O)cc1)NC(=O)CN)[C@@H](C)O)C(=O)N[C@@H](CCC(=O)O)C(=O)O. The minimum Gasteiger partial charge on any atom is -0.508 e. The number of benzene rings is 2. The number of carboxylic acid groups (broad SMARTS) is 2. The third-order valence-corrected chi connectivity index (χ3v) is 8.61. The van der Waals surface area contributed by atoms with Crippen molar-refractivity contribution in [1.82, 2.24) is 31.6 Å². The number of nitrogens with two attached hydrogens (primary N) is 1. The van der Waals surface area contributed by atoms with Crippen LogP contribution in [0.25, 0.3) is 10.9 Å². The number of aromatic nitrogens is 1. The Morgan fingerprint density at radius 2 is 1.31 bits per heavy atom. The molecule has 55 heavy (non-hydrogen) atoms. The monoisotopic (exact) mass is 767 g/mol. The Hall–Kier alpha value is -6.01. The van der Waals surface area contributed by atoms with E-state index in [1.165, 1.54) is 31.2 Å². The van der Waals surface area contributed by atoms with Crippen LogP contribution in [0.5, 0.6) is 5.75 Å². The smallest absolute Gasteiger partial charge is 0.326 e. The van der Waals surface area contributed by atoms with Crippen LogP contribution in [0.4, 0.5) is 0 Å². The first-order valence-electron chi connectivity index (χ1n) is 17.6. The fourth-order valence-electron chi connectivity index (χ4n) is 5.75. The Labute approximate surface area is 316 Å². The zero-order valence-corrected chi connectivity index (χ0v) is 30.7. The molecule has 0 radical (unpaired) electrons. The molecule has 0 bridgehead atoms. The highest BCUT2D eigenvalue weighted by Gasteiger charge is 2.35. The number of aliphatic hydroxyl groups excluding tert-OH is 1. The number of fused-ring (bicyclic) bond motifs is 1. The number of hydrogen-bond donors (Lipinski definition) is 11. The van der Waals surface area contributed by atoms with Crippen molar-refractivity contribution >= 4 is 52.4 Å². The molecule has 0 aliphatic heterocycles. The fourth-order valence-corrected chi connectivity index (χ4v) is 5.75. The largest absolute Gasteiger partial charge is 0.508 e. The molecule has 2 aromatic carbocycles. The summed E-state index contributed by atoms with van der Waals surface area (Å²) in [5, 5.41) is 52.1. The quantitative estimate of drug-likeness (QED) is 0.0649. The molecule has 1 heterocycles. The van der Waals surface area contributed by atoms with Gasteiger partial charge in [0.15, 0.2) is 0 Å². The molecule has 18 nitrogen and oxygen atoms in total. The number of carbonyl (C=O) groups is 7. The molecule has 1 aromatic heterocycles. The lowest BCUT2D eigenvalue weighted by Crippen LogP contribution is -2.61. The van der Waals surface area contributed by atoms with Crippen molar-refractivity contribution in [3.05, 3.63) is 65.9 Å². The Kier molecular flexibility index (Phi) is 16.1. The van der Waals surface area contributed by atoms with E-state index >= 15 is 0 Å². The Bertz CT molecular complexity index is 1830. The van der Waals surface area contributed by atoms with Gasteiger partial charge in [-0.3, -0.25) is 28.8 Å². The van der Waals surface area contributed by atoms with Crippen molar-refractivity contribution < 1.29 is 54.0 Å². The molecule has 0 fully saturated rings. The predicted octanol–water partition coefficient (Wildman–Crippen LogP) is -0.582. The van der Waals surface area contributed by atoms with E-state index in [-0.39, 0.29) is 30.9 Å². The molecule has 0 saturated heterocycles. The standard InChI is InChI=1S/C37H49N7O11/c1-19(2)14-27(33(50)41-26(37(54)55)12-13-31(48)49)42-34(51)29(16-22-18-39-25-7-5-4-6-24(22)25)43-36(53)32(20(3)45)44-35(52)28(40-30(47)17-38)15-21-8-10-23(46)11-9-21/h4-11,18-20,26-29,32,39,45-46H,12-17,38H2,1-3H3,(H,40,47)(H,41,50)(H,42,51)(H,43,53)(H,44,52)(H,48,49)(H,54,55)/t20-,26+,27+,28+,29+,32+/m1/s1. The zero-order valence-electron chi connectivity index (χ0n) is 30.7. The van der Waals surface area contributed by atoms with E-state index in [9.17, 15) is 48.9 Å². The third-order valence-electron chi connectivity index (χ3n) is 8.61. The molecule has 0 unspecified atom stereocenters. The molecule has 3 rings (SSSR count). The molecule has 0 saturated carbocycles. The number of aliphatic carboxylic acids is 2. The van der Waals surface area contributed by atoms with Crippen LogP contribution in [-0.2, 0) is 46.4 Å². The fraction of sp³-hybridized carbons (Fsp3) is 0.432. The second-order valence-electron chi connectivity index (χ2n) is 13.6. The van der Waals surface area contributed by atoms with E-state index in [1.54, 1.807) is 44.3 Å². The van der Waals surface area contributed by atoms with Crippen LogP contribution in [0.15, 0.2) is 54.7 Å². The Morgan fingerprint density at radius 1 is 0.727 bits per heavy atom. The summed E-state index contributed by atoms with van der Waals surface area (Å²) in [7, 11) is 0.